The highest BCUT2D eigenvalue weighted by Gasteiger charge is 2.27. The van der Waals surface area contributed by atoms with E-state index in [1.165, 1.54) is 4.90 Å². The first-order valence-corrected chi connectivity index (χ1v) is 11.0. The predicted octanol–water partition coefficient (Wildman–Crippen LogP) is 4.92. The van der Waals surface area contributed by atoms with Crippen molar-refractivity contribution in [1.82, 2.24) is 10.2 Å². The Bertz CT molecular complexity index is 826. The lowest BCUT2D eigenvalue weighted by molar-refractivity contribution is -0.142. The van der Waals surface area contributed by atoms with Crippen LogP contribution in [0.2, 0.25) is 10.0 Å². The van der Waals surface area contributed by atoms with Gasteiger partial charge >= 0.3 is 0 Å². The number of nitrogens with zero attached hydrogens (tertiary/aromatic N) is 1. The molecular weight excluding hydrogens is 526 g/mol. The van der Waals surface area contributed by atoms with Crippen LogP contribution < -0.4 is 10.1 Å². The molecule has 0 spiro atoms. The van der Waals surface area contributed by atoms with E-state index in [9.17, 15) is 9.59 Å². The number of carbonyl (C=O) groups is 2. The summed E-state index contributed by atoms with van der Waals surface area (Å²) in [6.07, 6.45) is 0.804. The lowest BCUT2D eigenvalue weighted by atomic mass is 10.1. The van der Waals surface area contributed by atoms with E-state index in [1.807, 2.05) is 19.1 Å². The molecule has 0 radical (unpaired) electrons. The van der Waals surface area contributed by atoms with Gasteiger partial charge in [-0.05, 0) is 72.3 Å². The molecule has 2 aromatic carbocycles. The minimum atomic E-state index is -0.707. The molecule has 0 aliphatic carbocycles. The molecule has 0 saturated carbocycles. The fraction of sp³-hybridized carbons (Fsp3) is 0.333. The Morgan fingerprint density at radius 3 is 2.34 bits per heavy atom. The van der Waals surface area contributed by atoms with Gasteiger partial charge in [0, 0.05) is 32.3 Å². The van der Waals surface area contributed by atoms with Crippen LogP contribution in [0, 0.1) is 3.57 Å². The highest BCUT2D eigenvalue weighted by molar-refractivity contribution is 14.1. The summed E-state index contributed by atoms with van der Waals surface area (Å²) in [5.74, 6) is 0.00825. The molecule has 1 atom stereocenters. The van der Waals surface area contributed by atoms with Crippen molar-refractivity contribution in [3.63, 3.8) is 0 Å². The Kier molecular flexibility index (Phi) is 9.52. The minimum absolute atomic E-state index is 0.105. The number of hydrogen-bond acceptors (Lipinski definition) is 3. The summed E-state index contributed by atoms with van der Waals surface area (Å²) in [6.45, 7) is 4.09. The number of halogens is 3. The molecule has 0 bridgehead atoms. The van der Waals surface area contributed by atoms with Gasteiger partial charge in [-0.25, -0.2) is 0 Å². The van der Waals surface area contributed by atoms with Crippen molar-refractivity contribution in [1.29, 1.82) is 0 Å². The number of carbonyl (C=O) groups excluding carboxylic acids is 2. The first-order chi connectivity index (χ1) is 13.8. The van der Waals surface area contributed by atoms with Crippen LogP contribution in [-0.2, 0) is 16.1 Å². The molecule has 156 valence electrons. The lowest BCUT2D eigenvalue weighted by Crippen LogP contribution is -2.49. The summed E-state index contributed by atoms with van der Waals surface area (Å²) in [5, 5.41) is 3.70. The Hall–Kier alpha value is -1.51. The second-order valence-corrected chi connectivity index (χ2v) is 8.49. The van der Waals surface area contributed by atoms with Gasteiger partial charge in [0.1, 0.15) is 11.8 Å². The van der Waals surface area contributed by atoms with Gasteiger partial charge < -0.3 is 15.0 Å². The van der Waals surface area contributed by atoms with Crippen molar-refractivity contribution in [3.05, 3.63) is 61.6 Å². The molecule has 1 unspecified atom stereocenters. The van der Waals surface area contributed by atoms with Gasteiger partial charge in [-0.1, -0.05) is 36.2 Å². The smallest absolute Gasteiger partial charge is 0.261 e. The van der Waals surface area contributed by atoms with Crippen molar-refractivity contribution < 1.29 is 14.3 Å². The van der Waals surface area contributed by atoms with Crippen molar-refractivity contribution in [2.24, 2.45) is 0 Å². The molecule has 2 amide bonds. The normalized spacial score (nSPS) is 11.6. The second-order valence-electron chi connectivity index (χ2n) is 6.43. The van der Waals surface area contributed by atoms with Crippen LogP contribution in [0.4, 0.5) is 0 Å². The summed E-state index contributed by atoms with van der Waals surface area (Å²) in [7, 11) is 0. The van der Waals surface area contributed by atoms with Crippen LogP contribution in [0.1, 0.15) is 25.8 Å². The Morgan fingerprint density at radius 2 is 1.76 bits per heavy atom. The average molecular weight is 549 g/mol. The molecule has 2 rings (SSSR count). The number of hydrogen-bond donors (Lipinski definition) is 1. The minimum Gasteiger partial charge on any atom is -0.484 e. The van der Waals surface area contributed by atoms with Crippen LogP contribution in [-0.4, -0.2) is 35.9 Å². The molecule has 0 aromatic heterocycles. The van der Waals surface area contributed by atoms with Gasteiger partial charge in [0.25, 0.3) is 5.91 Å². The van der Waals surface area contributed by atoms with Gasteiger partial charge in [0.05, 0.1) is 0 Å². The van der Waals surface area contributed by atoms with Crippen LogP contribution in [0.15, 0.2) is 42.5 Å². The molecule has 2 aromatic rings. The zero-order chi connectivity index (χ0) is 21.4. The number of amides is 2. The van der Waals surface area contributed by atoms with E-state index in [-0.39, 0.29) is 25.0 Å². The standard InChI is InChI=1S/C21H23Cl2IN2O3/c1-3-11-25-21(28)14(2)26(12-17-18(22)5-4-6-19(17)23)20(27)13-29-16-9-7-15(24)8-10-16/h4-10,14H,3,11-13H2,1-2H3,(H,25,28). The molecule has 0 saturated heterocycles. The maximum absolute atomic E-state index is 13.0. The van der Waals surface area contributed by atoms with Gasteiger partial charge in [0.2, 0.25) is 5.91 Å². The van der Waals surface area contributed by atoms with E-state index in [4.69, 9.17) is 27.9 Å². The van der Waals surface area contributed by atoms with Crippen LogP contribution in [0.3, 0.4) is 0 Å². The molecule has 0 aliphatic heterocycles. The van der Waals surface area contributed by atoms with E-state index < -0.39 is 6.04 Å². The van der Waals surface area contributed by atoms with Crippen LogP contribution in [0.25, 0.3) is 0 Å². The van der Waals surface area contributed by atoms with E-state index in [2.05, 4.69) is 27.9 Å². The maximum Gasteiger partial charge on any atom is 0.261 e. The molecule has 0 heterocycles. The monoisotopic (exact) mass is 548 g/mol. The fourth-order valence-electron chi connectivity index (χ4n) is 2.59. The van der Waals surface area contributed by atoms with Gasteiger partial charge in [0.15, 0.2) is 6.61 Å². The van der Waals surface area contributed by atoms with E-state index in [0.717, 1.165) is 9.99 Å². The summed E-state index contributed by atoms with van der Waals surface area (Å²) < 4.78 is 6.69. The molecule has 0 fully saturated rings. The quantitative estimate of drug-likeness (QED) is 0.452. The number of nitrogens with one attached hydrogen (secondary N) is 1. The zero-order valence-electron chi connectivity index (χ0n) is 16.3. The number of ether oxygens (including phenoxy) is 1. The SMILES string of the molecule is CCCNC(=O)C(C)N(Cc1c(Cl)cccc1Cl)C(=O)COc1ccc(I)cc1. The molecular formula is C21H23Cl2IN2O3. The lowest BCUT2D eigenvalue weighted by Gasteiger charge is -2.29. The largest absolute Gasteiger partial charge is 0.484 e. The van der Waals surface area contributed by atoms with Crippen molar-refractivity contribution in [2.75, 3.05) is 13.2 Å². The fourth-order valence-corrected chi connectivity index (χ4v) is 3.47. The Labute approximate surface area is 194 Å². The summed E-state index contributed by atoms with van der Waals surface area (Å²) in [6, 6.07) is 11.8. The van der Waals surface area contributed by atoms with E-state index >= 15 is 0 Å². The topological polar surface area (TPSA) is 58.6 Å². The van der Waals surface area contributed by atoms with E-state index in [1.54, 1.807) is 37.3 Å². The second kappa shape index (κ2) is 11.6. The summed E-state index contributed by atoms with van der Waals surface area (Å²) in [5.41, 5.74) is 0.591. The van der Waals surface area contributed by atoms with Gasteiger partial charge in [-0.2, -0.15) is 0 Å². The molecule has 8 heteroatoms. The molecule has 29 heavy (non-hydrogen) atoms. The first kappa shape index (κ1) is 23.8. The highest BCUT2D eigenvalue weighted by atomic mass is 127. The third kappa shape index (κ3) is 7.04. The predicted molar refractivity (Wildman–Crippen MR) is 124 cm³/mol. The number of rotatable bonds is 9. The Morgan fingerprint density at radius 1 is 1.14 bits per heavy atom. The molecule has 1 N–H and O–H groups in total. The zero-order valence-corrected chi connectivity index (χ0v) is 19.9. The van der Waals surface area contributed by atoms with Crippen molar-refractivity contribution in [2.45, 2.75) is 32.9 Å². The first-order valence-electron chi connectivity index (χ1n) is 9.22. The highest BCUT2D eigenvalue weighted by Crippen LogP contribution is 2.26. The number of benzene rings is 2. The third-order valence-electron chi connectivity index (χ3n) is 4.28. The van der Waals surface area contributed by atoms with Crippen molar-refractivity contribution in [3.8, 4) is 5.75 Å². The van der Waals surface area contributed by atoms with Crippen molar-refractivity contribution >= 4 is 57.6 Å². The third-order valence-corrected chi connectivity index (χ3v) is 5.71. The summed E-state index contributed by atoms with van der Waals surface area (Å²) >= 11 is 14.8. The maximum atomic E-state index is 13.0. The van der Waals surface area contributed by atoms with Crippen LogP contribution in [0.5, 0.6) is 5.75 Å². The molecule has 5 nitrogen and oxygen atoms in total. The van der Waals surface area contributed by atoms with Gasteiger partial charge in [-0.15, -0.1) is 0 Å². The Balaban J connectivity index is 2.19. The van der Waals surface area contributed by atoms with Gasteiger partial charge in [-0.3, -0.25) is 9.59 Å². The average Bonchev–Trinajstić information content (AvgIpc) is 2.70. The molecule has 0 aliphatic rings. The van der Waals surface area contributed by atoms with E-state index in [0.29, 0.717) is 27.9 Å². The van der Waals surface area contributed by atoms with Crippen LogP contribution >= 0.6 is 45.8 Å². The summed E-state index contributed by atoms with van der Waals surface area (Å²) in [4.78, 5) is 26.9.